The van der Waals surface area contributed by atoms with Gasteiger partial charge in [-0.2, -0.15) is 0 Å². The third kappa shape index (κ3) is 3.65. The molecule has 0 saturated carbocycles. The zero-order chi connectivity index (χ0) is 18.0. The van der Waals surface area contributed by atoms with Crippen LogP contribution in [0.5, 0.6) is 0 Å². The van der Waals surface area contributed by atoms with E-state index in [4.69, 9.17) is 4.98 Å². The lowest BCUT2D eigenvalue weighted by Gasteiger charge is -2.22. The number of hydrogen-bond acceptors (Lipinski definition) is 5. The van der Waals surface area contributed by atoms with Crippen molar-refractivity contribution < 1.29 is 0 Å². The van der Waals surface area contributed by atoms with E-state index in [1.807, 2.05) is 6.92 Å². The van der Waals surface area contributed by atoms with Gasteiger partial charge in [-0.05, 0) is 44.9 Å². The van der Waals surface area contributed by atoms with Crippen LogP contribution in [0.4, 0.5) is 5.82 Å². The molecule has 0 aliphatic rings. The maximum atomic E-state index is 4.74. The lowest BCUT2D eigenvalue weighted by molar-refractivity contribution is 0.868. The molecule has 0 amide bonds. The largest absolute Gasteiger partial charge is 0.355 e. The molecule has 0 radical (unpaired) electrons. The highest BCUT2D eigenvalue weighted by molar-refractivity contribution is 5.55. The Kier molecular flexibility index (Phi) is 4.74. The minimum Gasteiger partial charge on any atom is -0.355 e. The summed E-state index contributed by atoms with van der Waals surface area (Å²) in [6.45, 7) is 9.11. The fraction of sp³-hybridized carbons (Fsp3) is 0.300. The van der Waals surface area contributed by atoms with Gasteiger partial charge in [-0.15, -0.1) is 0 Å². The van der Waals surface area contributed by atoms with Crippen molar-refractivity contribution >= 4 is 5.82 Å². The van der Waals surface area contributed by atoms with Crippen LogP contribution in [0.3, 0.4) is 0 Å². The second-order valence-corrected chi connectivity index (χ2v) is 6.44. The van der Waals surface area contributed by atoms with Crippen LogP contribution in [-0.4, -0.2) is 27.0 Å². The van der Waals surface area contributed by atoms with Crippen LogP contribution in [0.15, 0.2) is 36.7 Å². The Labute approximate surface area is 148 Å². The van der Waals surface area contributed by atoms with Crippen molar-refractivity contribution in [3.05, 3.63) is 64.6 Å². The van der Waals surface area contributed by atoms with Crippen LogP contribution in [0.25, 0.3) is 11.6 Å². The smallest absolute Gasteiger partial charge is 0.199 e. The molecule has 2 heterocycles. The Bertz CT molecular complexity index is 890. The molecule has 0 aliphatic carbocycles. The van der Waals surface area contributed by atoms with Crippen LogP contribution in [0.1, 0.15) is 27.9 Å². The number of aromatic nitrogens is 4. The third-order valence-corrected chi connectivity index (χ3v) is 4.40. The summed E-state index contributed by atoms with van der Waals surface area (Å²) in [6.07, 6.45) is 3.42. The van der Waals surface area contributed by atoms with Crippen molar-refractivity contribution in [3.63, 3.8) is 0 Å². The molecule has 5 nitrogen and oxygen atoms in total. The molecule has 0 unspecified atom stereocenters. The van der Waals surface area contributed by atoms with Crippen molar-refractivity contribution in [1.82, 2.24) is 19.9 Å². The molecule has 0 spiro atoms. The molecule has 0 bridgehead atoms. The highest BCUT2D eigenvalue weighted by Gasteiger charge is 2.15. The van der Waals surface area contributed by atoms with Crippen molar-refractivity contribution in [2.24, 2.45) is 0 Å². The average Bonchev–Trinajstić information content (AvgIpc) is 2.60. The quantitative estimate of drug-likeness (QED) is 0.727. The normalized spacial score (nSPS) is 10.8. The van der Waals surface area contributed by atoms with E-state index in [2.05, 4.69) is 65.9 Å². The molecule has 2 aromatic heterocycles. The maximum absolute atomic E-state index is 4.74. The SMILES string of the molecule is Cc1ccc(CN(C)c2nc(-c3ncccn3)nc(C)c2C)c(C)c1. The Hall–Kier alpha value is -2.82. The molecule has 3 rings (SSSR count). The molecule has 0 fully saturated rings. The number of rotatable bonds is 4. The Morgan fingerprint density at radius 3 is 2.32 bits per heavy atom. The van der Waals surface area contributed by atoms with E-state index in [9.17, 15) is 0 Å². The molecular weight excluding hydrogens is 310 g/mol. The van der Waals surface area contributed by atoms with Gasteiger partial charge in [-0.25, -0.2) is 19.9 Å². The molecule has 0 aliphatic heterocycles. The Morgan fingerprint density at radius 2 is 1.64 bits per heavy atom. The van der Waals surface area contributed by atoms with Crippen LogP contribution < -0.4 is 4.90 Å². The predicted molar refractivity (Wildman–Crippen MR) is 101 cm³/mol. The number of benzene rings is 1. The molecule has 0 saturated heterocycles. The van der Waals surface area contributed by atoms with E-state index < -0.39 is 0 Å². The van der Waals surface area contributed by atoms with Gasteiger partial charge < -0.3 is 4.90 Å². The molecular formula is C20H23N5. The summed E-state index contributed by atoms with van der Waals surface area (Å²) in [7, 11) is 2.06. The lowest BCUT2D eigenvalue weighted by atomic mass is 10.1. The van der Waals surface area contributed by atoms with Gasteiger partial charge in [0.15, 0.2) is 11.6 Å². The molecule has 0 atom stereocenters. The minimum absolute atomic E-state index is 0.548. The second-order valence-electron chi connectivity index (χ2n) is 6.44. The lowest BCUT2D eigenvalue weighted by Crippen LogP contribution is -2.21. The fourth-order valence-corrected chi connectivity index (χ4v) is 2.85. The van der Waals surface area contributed by atoms with E-state index in [1.165, 1.54) is 16.7 Å². The molecule has 25 heavy (non-hydrogen) atoms. The zero-order valence-electron chi connectivity index (χ0n) is 15.4. The third-order valence-electron chi connectivity index (χ3n) is 4.40. The van der Waals surface area contributed by atoms with Gasteiger partial charge in [0.2, 0.25) is 0 Å². The molecule has 0 N–H and O–H groups in total. The van der Waals surface area contributed by atoms with Gasteiger partial charge in [0.25, 0.3) is 0 Å². The summed E-state index contributed by atoms with van der Waals surface area (Å²) >= 11 is 0. The summed E-state index contributed by atoms with van der Waals surface area (Å²) < 4.78 is 0. The number of hydrogen-bond donors (Lipinski definition) is 0. The van der Waals surface area contributed by atoms with Gasteiger partial charge in [-0.1, -0.05) is 23.8 Å². The highest BCUT2D eigenvalue weighted by Crippen LogP contribution is 2.24. The van der Waals surface area contributed by atoms with E-state index in [-0.39, 0.29) is 0 Å². The standard InChI is InChI=1S/C20H23N5/c1-13-7-8-17(14(2)11-13)12-25(5)20-15(3)16(4)23-19(24-20)18-21-9-6-10-22-18/h6-11H,12H2,1-5H3. The van der Waals surface area contributed by atoms with E-state index in [1.54, 1.807) is 18.5 Å². The average molecular weight is 333 g/mol. The zero-order valence-corrected chi connectivity index (χ0v) is 15.4. The Balaban J connectivity index is 1.96. The van der Waals surface area contributed by atoms with Gasteiger partial charge in [0.1, 0.15) is 5.82 Å². The summed E-state index contributed by atoms with van der Waals surface area (Å²) in [6, 6.07) is 8.34. The topological polar surface area (TPSA) is 54.8 Å². The van der Waals surface area contributed by atoms with Crippen molar-refractivity contribution in [3.8, 4) is 11.6 Å². The summed E-state index contributed by atoms with van der Waals surface area (Å²) in [4.78, 5) is 20.0. The number of nitrogens with zero attached hydrogens (tertiary/aromatic N) is 5. The minimum atomic E-state index is 0.548. The van der Waals surface area contributed by atoms with Crippen LogP contribution >= 0.6 is 0 Å². The molecule has 1 aromatic carbocycles. The van der Waals surface area contributed by atoms with Crippen molar-refractivity contribution in [2.45, 2.75) is 34.2 Å². The van der Waals surface area contributed by atoms with Gasteiger partial charge in [0, 0.05) is 37.2 Å². The van der Waals surface area contributed by atoms with Crippen molar-refractivity contribution in [2.75, 3.05) is 11.9 Å². The van der Waals surface area contributed by atoms with Gasteiger partial charge in [0.05, 0.1) is 0 Å². The molecule has 5 heteroatoms. The first-order valence-corrected chi connectivity index (χ1v) is 8.35. The van der Waals surface area contributed by atoms with E-state index in [0.29, 0.717) is 11.6 Å². The van der Waals surface area contributed by atoms with Gasteiger partial charge in [-0.3, -0.25) is 0 Å². The van der Waals surface area contributed by atoms with Gasteiger partial charge >= 0.3 is 0 Å². The summed E-state index contributed by atoms with van der Waals surface area (Å²) in [5, 5.41) is 0. The van der Waals surface area contributed by atoms with Crippen LogP contribution in [-0.2, 0) is 6.54 Å². The first-order chi connectivity index (χ1) is 12.0. The van der Waals surface area contributed by atoms with Crippen molar-refractivity contribution in [1.29, 1.82) is 0 Å². The second kappa shape index (κ2) is 6.97. The maximum Gasteiger partial charge on any atom is 0.199 e. The predicted octanol–water partition coefficient (Wildman–Crippen LogP) is 3.80. The van der Waals surface area contributed by atoms with E-state index >= 15 is 0 Å². The van der Waals surface area contributed by atoms with Crippen LogP contribution in [0, 0.1) is 27.7 Å². The van der Waals surface area contributed by atoms with Crippen LogP contribution in [0.2, 0.25) is 0 Å². The first kappa shape index (κ1) is 17.0. The summed E-state index contributed by atoms with van der Waals surface area (Å²) in [5.74, 6) is 2.02. The molecule has 128 valence electrons. The summed E-state index contributed by atoms with van der Waals surface area (Å²) in [5.41, 5.74) is 5.89. The number of aryl methyl sites for hydroxylation is 3. The fourth-order valence-electron chi connectivity index (χ4n) is 2.85. The Morgan fingerprint density at radius 1 is 0.920 bits per heavy atom. The monoisotopic (exact) mass is 333 g/mol. The molecule has 3 aromatic rings. The first-order valence-electron chi connectivity index (χ1n) is 8.35. The number of anilines is 1. The van der Waals surface area contributed by atoms with E-state index in [0.717, 1.165) is 23.6 Å². The highest BCUT2D eigenvalue weighted by atomic mass is 15.2.